The van der Waals surface area contributed by atoms with Crippen molar-refractivity contribution in [3.8, 4) is 11.3 Å². The number of benzene rings is 2. The van der Waals surface area contributed by atoms with Gasteiger partial charge in [0.15, 0.2) is 0 Å². The standard InChI is InChI=1S/C20H20N2.ClH/c1-3-9-16(10-4-1)19-15-17-11-5-6-12-18(17)20(21-19)22-13-7-2-8-14-22;/h1,3-6,9-12,15H,2,7-8,13-14H2;1H. The maximum atomic E-state index is 5.02. The van der Waals surface area contributed by atoms with Crippen molar-refractivity contribution in [2.75, 3.05) is 18.0 Å². The molecule has 0 aliphatic carbocycles. The predicted molar refractivity (Wildman–Crippen MR) is 100 cm³/mol. The van der Waals surface area contributed by atoms with Crippen molar-refractivity contribution in [3.05, 3.63) is 60.7 Å². The van der Waals surface area contributed by atoms with Gasteiger partial charge in [-0.15, -0.1) is 12.4 Å². The van der Waals surface area contributed by atoms with Crippen LogP contribution in [0.2, 0.25) is 0 Å². The van der Waals surface area contributed by atoms with Crippen molar-refractivity contribution in [2.24, 2.45) is 0 Å². The molecule has 2 aromatic carbocycles. The van der Waals surface area contributed by atoms with Crippen LogP contribution in [0.5, 0.6) is 0 Å². The average molecular weight is 325 g/mol. The summed E-state index contributed by atoms with van der Waals surface area (Å²) in [7, 11) is 0. The molecule has 2 nitrogen and oxygen atoms in total. The van der Waals surface area contributed by atoms with Gasteiger partial charge in [-0.3, -0.25) is 0 Å². The smallest absolute Gasteiger partial charge is 0.137 e. The highest BCUT2D eigenvalue weighted by molar-refractivity contribution is 5.95. The van der Waals surface area contributed by atoms with Crippen molar-refractivity contribution >= 4 is 29.0 Å². The molecule has 118 valence electrons. The third kappa shape index (κ3) is 3.18. The second kappa shape index (κ2) is 7.01. The van der Waals surface area contributed by atoms with E-state index in [1.165, 1.54) is 35.6 Å². The molecule has 0 unspecified atom stereocenters. The molecule has 1 aromatic heterocycles. The van der Waals surface area contributed by atoms with E-state index in [-0.39, 0.29) is 12.4 Å². The van der Waals surface area contributed by atoms with Gasteiger partial charge in [-0.1, -0.05) is 54.6 Å². The van der Waals surface area contributed by atoms with E-state index >= 15 is 0 Å². The number of aromatic nitrogens is 1. The molecule has 0 N–H and O–H groups in total. The molecule has 4 rings (SSSR count). The second-order valence-corrected chi connectivity index (χ2v) is 5.97. The Hall–Kier alpha value is -2.06. The summed E-state index contributed by atoms with van der Waals surface area (Å²) in [6, 6.07) is 21.3. The third-order valence-corrected chi connectivity index (χ3v) is 4.45. The van der Waals surface area contributed by atoms with Crippen LogP contribution >= 0.6 is 12.4 Å². The SMILES string of the molecule is Cl.c1ccc(-c2cc3ccccc3c(N3CCCCC3)n2)cc1. The van der Waals surface area contributed by atoms with Crippen LogP contribution in [-0.4, -0.2) is 18.1 Å². The van der Waals surface area contributed by atoms with Crippen LogP contribution in [-0.2, 0) is 0 Å². The fraction of sp³-hybridized carbons (Fsp3) is 0.250. The number of fused-ring (bicyclic) bond motifs is 1. The van der Waals surface area contributed by atoms with Crippen LogP contribution in [0.1, 0.15) is 19.3 Å². The Labute approximate surface area is 143 Å². The summed E-state index contributed by atoms with van der Waals surface area (Å²) in [6.07, 6.45) is 3.88. The first-order chi connectivity index (χ1) is 10.9. The molecule has 0 radical (unpaired) electrons. The first-order valence-corrected chi connectivity index (χ1v) is 8.12. The molecule has 1 saturated heterocycles. The fourth-order valence-electron chi connectivity index (χ4n) is 3.28. The minimum Gasteiger partial charge on any atom is -0.356 e. The number of hydrogen-bond donors (Lipinski definition) is 0. The van der Waals surface area contributed by atoms with E-state index in [2.05, 4.69) is 65.6 Å². The third-order valence-electron chi connectivity index (χ3n) is 4.45. The van der Waals surface area contributed by atoms with Gasteiger partial charge >= 0.3 is 0 Å². The Morgan fingerprint density at radius 2 is 1.48 bits per heavy atom. The van der Waals surface area contributed by atoms with E-state index in [0.29, 0.717) is 0 Å². The lowest BCUT2D eigenvalue weighted by atomic mass is 10.1. The predicted octanol–water partition coefficient (Wildman–Crippen LogP) is 5.31. The molecule has 3 heteroatoms. The number of rotatable bonds is 2. The Morgan fingerprint density at radius 3 is 2.26 bits per heavy atom. The number of hydrogen-bond acceptors (Lipinski definition) is 2. The van der Waals surface area contributed by atoms with Crippen molar-refractivity contribution in [1.29, 1.82) is 0 Å². The molecule has 3 aromatic rings. The molecule has 0 bridgehead atoms. The summed E-state index contributed by atoms with van der Waals surface area (Å²) < 4.78 is 0. The molecule has 0 spiro atoms. The van der Waals surface area contributed by atoms with E-state index in [0.717, 1.165) is 24.6 Å². The lowest BCUT2D eigenvalue weighted by Gasteiger charge is -2.29. The van der Waals surface area contributed by atoms with Gasteiger partial charge in [0.25, 0.3) is 0 Å². The van der Waals surface area contributed by atoms with E-state index in [9.17, 15) is 0 Å². The van der Waals surface area contributed by atoms with Crippen molar-refractivity contribution in [2.45, 2.75) is 19.3 Å². The first kappa shape index (κ1) is 15.8. The van der Waals surface area contributed by atoms with Gasteiger partial charge in [-0.05, 0) is 30.7 Å². The molecule has 23 heavy (non-hydrogen) atoms. The maximum absolute atomic E-state index is 5.02. The van der Waals surface area contributed by atoms with Crippen LogP contribution in [0.3, 0.4) is 0 Å². The molecule has 1 fully saturated rings. The number of pyridine rings is 1. The largest absolute Gasteiger partial charge is 0.356 e. The van der Waals surface area contributed by atoms with Gasteiger partial charge < -0.3 is 4.90 Å². The molecular formula is C20H21ClN2. The highest BCUT2D eigenvalue weighted by atomic mass is 35.5. The summed E-state index contributed by atoms with van der Waals surface area (Å²) in [5.74, 6) is 1.15. The second-order valence-electron chi connectivity index (χ2n) is 5.97. The summed E-state index contributed by atoms with van der Waals surface area (Å²) in [4.78, 5) is 7.48. The summed E-state index contributed by atoms with van der Waals surface area (Å²) in [6.45, 7) is 2.24. The zero-order valence-electron chi connectivity index (χ0n) is 13.1. The van der Waals surface area contributed by atoms with E-state index in [1.807, 2.05) is 0 Å². The van der Waals surface area contributed by atoms with Crippen LogP contribution in [0.25, 0.3) is 22.0 Å². The van der Waals surface area contributed by atoms with Crippen LogP contribution < -0.4 is 4.90 Å². The minimum absolute atomic E-state index is 0. The Morgan fingerprint density at radius 1 is 0.783 bits per heavy atom. The molecule has 2 heterocycles. The van der Waals surface area contributed by atoms with Gasteiger partial charge in [0.1, 0.15) is 5.82 Å². The van der Waals surface area contributed by atoms with Crippen LogP contribution in [0, 0.1) is 0 Å². The number of anilines is 1. The van der Waals surface area contributed by atoms with Crippen molar-refractivity contribution in [1.82, 2.24) is 4.98 Å². The van der Waals surface area contributed by atoms with E-state index in [1.54, 1.807) is 0 Å². The molecular weight excluding hydrogens is 304 g/mol. The minimum atomic E-state index is 0. The topological polar surface area (TPSA) is 16.1 Å². The quantitative estimate of drug-likeness (QED) is 0.634. The first-order valence-electron chi connectivity index (χ1n) is 8.12. The summed E-state index contributed by atoms with van der Waals surface area (Å²) in [5.41, 5.74) is 2.26. The van der Waals surface area contributed by atoms with Crippen LogP contribution in [0.15, 0.2) is 60.7 Å². The number of piperidine rings is 1. The van der Waals surface area contributed by atoms with E-state index in [4.69, 9.17) is 4.98 Å². The lowest BCUT2D eigenvalue weighted by Crippen LogP contribution is -2.30. The number of halogens is 1. The Balaban J connectivity index is 0.00000156. The van der Waals surface area contributed by atoms with E-state index < -0.39 is 0 Å². The summed E-state index contributed by atoms with van der Waals surface area (Å²) >= 11 is 0. The molecule has 1 aliphatic heterocycles. The molecule has 0 saturated carbocycles. The Bertz CT molecular complexity index is 780. The van der Waals surface area contributed by atoms with Gasteiger partial charge in [0.2, 0.25) is 0 Å². The zero-order chi connectivity index (χ0) is 14.8. The molecule has 0 atom stereocenters. The van der Waals surface area contributed by atoms with Crippen LogP contribution in [0.4, 0.5) is 5.82 Å². The highest BCUT2D eigenvalue weighted by Gasteiger charge is 2.16. The number of nitrogens with zero attached hydrogens (tertiary/aromatic N) is 2. The average Bonchev–Trinajstić information content (AvgIpc) is 2.62. The van der Waals surface area contributed by atoms with Crippen molar-refractivity contribution in [3.63, 3.8) is 0 Å². The van der Waals surface area contributed by atoms with Gasteiger partial charge in [0, 0.05) is 24.0 Å². The lowest BCUT2D eigenvalue weighted by molar-refractivity contribution is 0.575. The van der Waals surface area contributed by atoms with Crippen molar-refractivity contribution < 1.29 is 0 Å². The van der Waals surface area contributed by atoms with Gasteiger partial charge in [-0.25, -0.2) is 4.98 Å². The Kier molecular flexibility index (Phi) is 4.82. The monoisotopic (exact) mass is 324 g/mol. The zero-order valence-corrected chi connectivity index (χ0v) is 13.9. The highest BCUT2D eigenvalue weighted by Crippen LogP contribution is 2.31. The maximum Gasteiger partial charge on any atom is 0.137 e. The van der Waals surface area contributed by atoms with Gasteiger partial charge in [0.05, 0.1) is 5.69 Å². The normalized spacial score (nSPS) is 14.5. The van der Waals surface area contributed by atoms with Gasteiger partial charge in [-0.2, -0.15) is 0 Å². The fourth-order valence-corrected chi connectivity index (χ4v) is 3.28. The molecule has 0 amide bonds. The molecule has 1 aliphatic rings. The summed E-state index contributed by atoms with van der Waals surface area (Å²) in [5, 5.41) is 2.54.